The number of nitrogens with zero attached hydrogens (tertiary/aromatic N) is 1. The number of likely N-dealkylation sites (tertiary alicyclic amines) is 1. The van der Waals surface area contributed by atoms with Crippen LogP contribution in [0.4, 0.5) is 5.69 Å². The fourth-order valence-corrected chi connectivity index (χ4v) is 2.75. The van der Waals surface area contributed by atoms with Gasteiger partial charge < -0.3 is 11.1 Å². The first-order valence-corrected chi connectivity index (χ1v) is 7.25. The van der Waals surface area contributed by atoms with E-state index in [1.165, 1.54) is 0 Å². The molecule has 0 radical (unpaired) electrons. The van der Waals surface area contributed by atoms with Gasteiger partial charge in [0.2, 0.25) is 5.91 Å². The molecule has 106 valence electrons. The molecular weight excluding hydrogens is 377 g/mol. The van der Waals surface area contributed by atoms with Crippen LogP contribution in [0.5, 0.6) is 0 Å². The molecule has 0 unspecified atom stereocenters. The fourth-order valence-electron chi connectivity index (χ4n) is 2.20. The molecule has 2 rings (SSSR count). The van der Waals surface area contributed by atoms with E-state index in [1.54, 1.807) is 0 Å². The molecule has 0 spiro atoms. The van der Waals surface area contributed by atoms with Gasteiger partial charge in [0.1, 0.15) is 0 Å². The number of halogens is 2. The Kier molecular flexibility index (Phi) is 7.06. The van der Waals surface area contributed by atoms with Gasteiger partial charge in [-0.05, 0) is 60.2 Å². The molecule has 1 aliphatic heterocycles. The van der Waals surface area contributed by atoms with Gasteiger partial charge in [-0.15, -0.1) is 12.4 Å². The number of nitrogens with one attached hydrogen (secondary N) is 1. The molecule has 1 aromatic rings. The first kappa shape index (κ1) is 16.7. The predicted octanol–water partition coefficient (Wildman–Crippen LogP) is 2.07. The van der Waals surface area contributed by atoms with Crippen molar-refractivity contribution >= 4 is 46.6 Å². The molecule has 0 aromatic heterocycles. The maximum Gasteiger partial charge on any atom is 0.238 e. The maximum absolute atomic E-state index is 11.9. The van der Waals surface area contributed by atoms with Gasteiger partial charge in [-0.2, -0.15) is 0 Å². The highest BCUT2D eigenvalue weighted by atomic mass is 127. The number of carbonyl (C=O) groups is 1. The standard InChI is InChI=1S/C13H18IN3O.ClH/c14-10-3-1-5-12(7-10)16-13(18)9-17-6-2-4-11(15)8-17;/h1,3,5,7,11H,2,4,6,8-9,15H2,(H,16,18);1H/t11-;/m1./s1. The topological polar surface area (TPSA) is 58.4 Å². The Bertz CT molecular complexity index is 430. The van der Waals surface area contributed by atoms with E-state index >= 15 is 0 Å². The van der Waals surface area contributed by atoms with Crippen LogP contribution in [0.15, 0.2) is 24.3 Å². The zero-order chi connectivity index (χ0) is 13.0. The number of hydrogen-bond acceptors (Lipinski definition) is 3. The quantitative estimate of drug-likeness (QED) is 0.771. The second-order valence-electron chi connectivity index (χ2n) is 4.70. The molecule has 19 heavy (non-hydrogen) atoms. The number of nitrogens with two attached hydrogens (primary N) is 1. The summed E-state index contributed by atoms with van der Waals surface area (Å²) in [4.78, 5) is 14.0. The number of carbonyl (C=O) groups excluding carboxylic acids is 1. The fraction of sp³-hybridized carbons (Fsp3) is 0.462. The number of benzene rings is 1. The van der Waals surface area contributed by atoms with Gasteiger partial charge in [0, 0.05) is 21.8 Å². The van der Waals surface area contributed by atoms with Gasteiger partial charge in [0.25, 0.3) is 0 Å². The van der Waals surface area contributed by atoms with Crippen molar-refractivity contribution in [3.63, 3.8) is 0 Å². The Balaban J connectivity index is 0.00000180. The average Bonchev–Trinajstić information content (AvgIpc) is 2.28. The monoisotopic (exact) mass is 395 g/mol. The van der Waals surface area contributed by atoms with E-state index in [0.29, 0.717) is 6.54 Å². The van der Waals surface area contributed by atoms with Crippen molar-refractivity contribution in [2.45, 2.75) is 18.9 Å². The summed E-state index contributed by atoms with van der Waals surface area (Å²) in [5.41, 5.74) is 6.75. The van der Waals surface area contributed by atoms with Crippen molar-refractivity contribution in [1.29, 1.82) is 0 Å². The molecule has 4 nitrogen and oxygen atoms in total. The van der Waals surface area contributed by atoms with Crippen molar-refractivity contribution in [3.05, 3.63) is 27.8 Å². The highest BCUT2D eigenvalue weighted by Gasteiger charge is 2.18. The van der Waals surface area contributed by atoms with Gasteiger partial charge in [-0.25, -0.2) is 0 Å². The summed E-state index contributed by atoms with van der Waals surface area (Å²) in [5.74, 6) is 0.0334. The van der Waals surface area contributed by atoms with Crippen LogP contribution < -0.4 is 11.1 Å². The highest BCUT2D eigenvalue weighted by molar-refractivity contribution is 14.1. The van der Waals surface area contributed by atoms with E-state index in [1.807, 2.05) is 24.3 Å². The second-order valence-corrected chi connectivity index (χ2v) is 5.94. The number of hydrogen-bond donors (Lipinski definition) is 2. The lowest BCUT2D eigenvalue weighted by atomic mass is 10.1. The Hall–Kier alpha value is -0.370. The average molecular weight is 396 g/mol. The van der Waals surface area contributed by atoms with Crippen LogP contribution in [0.3, 0.4) is 0 Å². The molecule has 1 heterocycles. The molecule has 6 heteroatoms. The second kappa shape index (κ2) is 8.04. The van der Waals surface area contributed by atoms with Crippen molar-refractivity contribution in [2.24, 2.45) is 5.73 Å². The summed E-state index contributed by atoms with van der Waals surface area (Å²) >= 11 is 2.23. The maximum atomic E-state index is 11.9. The minimum absolute atomic E-state index is 0. The molecule has 1 fully saturated rings. The van der Waals surface area contributed by atoms with Gasteiger partial charge in [0.15, 0.2) is 0 Å². The Morgan fingerprint density at radius 3 is 3.00 bits per heavy atom. The van der Waals surface area contributed by atoms with Crippen LogP contribution >= 0.6 is 35.0 Å². The third-order valence-corrected chi connectivity index (χ3v) is 3.69. The van der Waals surface area contributed by atoms with Crippen molar-refractivity contribution in [1.82, 2.24) is 4.90 Å². The molecule has 1 saturated heterocycles. The molecule has 1 aliphatic rings. The molecule has 0 saturated carbocycles. The molecule has 1 atom stereocenters. The normalized spacial score (nSPS) is 19.6. The van der Waals surface area contributed by atoms with Crippen LogP contribution in [0.25, 0.3) is 0 Å². The largest absolute Gasteiger partial charge is 0.327 e. The zero-order valence-corrected chi connectivity index (χ0v) is 13.6. The Morgan fingerprint density at radius 2 is 2.32 bits per heavy atom. The Morgan fingerprint density at radius 1 is 1.53 bits per heavy atom. The number of rotatable bonds is 3. The first-order chi connectivity index (χ1) is 8.63. The van der Waals surface area contributed by atoms with Crippen LogP contribution in [0.1, 0.15) is 12.8 Å². The van der Waals surface area contributed by atoms with E-state index in [-0.39, 0.29) is 24.4 Å². The predicted molar refractivity (Wildman–Crippen MR) is 88.7 cm³/mol. The molecule has 3 N–H and O–H groups in total. The third-order valence-electron chi connectivity index (χ3n) is 3.02. The Labute approximate surface area is 133 Å². The van der Waals surface area contributed by atoms with Crippen LogP contribution in [0, 0.1) is 3.57 Å². The third kappa shape index (κ3) is 5.64. The summed E-state index contributed by atoms with van der Waals surface area (Å²) < 4.78 is 1.12. The minimum Gasteiger partial charge on any atom is -0.327 e. The SMILES string of the molecule is Cl.N[C@@H]1CCCN(CC(=O)Nc2cccc(I)c2)C1. The highest BCUT2D eigenvalue weighted by Crippen LogP contribution is 2.13. The summed E-state index contributed by atoms with van der Waals surface area (Å²) in [5, 5.41) is 2.92. The van der Waals surface area contributed by atoms with Crippen molar-refractivity contribution < 1.29 is 4.79 Å². The summed E-state index contributed by atoms with van der Waals surface area (Å²) in [7, 11) is 0. The molecule has 1 aromatic carbocycles. The van der Waals surface area contributed by atoms with Crippen molar-refractivity contribution in [2.75, 3.05) is 25.0 Å². The summed E-state index contributed by atoms with van der Waals surface area (Å²) in [6, 6.07) is 8.01. The minimum atomic E-state index is 0. The van der Waals surface area contributed by atoms with Gasteiger partial charge >= 0.3 is 0 Å². The van der Waals surface area contributed by atoms with Gasteiger partial charge in [0.05, 0.1) is 6.54 Å². The number of anilines is 1. The number of amides is 1. The van der Waals surface area contributed by atoms with E-state index < -0.39 is 0 Å². The van der Waals surface area contributed by atoms with E-state index in [0.717, 1.165) is 35.2 Å². The smallest absolute Gasteiger partial charge is 0.238 e. The lowest BCUT2D eigenvalue weighted by Crippen LogP contribution is -2.45. The molecule has 0 aliphatic carbocycles. The lowest BCUT2D eigenvalue weighted by Gasteiger charge is -2.29. The van der Waals surface area contributed by atoms with E-state index in [9.17, 15) is 4.79 Å². The van der Waals surface area contributed by atoms with E-state index in [4.69, 9.17) is 5.73 Å². The molecule has 0 bridgehead atoms. The van der Waals surface area contributed by atoms with Crippen LogP contribution in [-0.4, -0.2) is 36.5 Å². The van der Waals surface area contributed by atoms with Gasteiger partial charge in [-0.3, -0.25) is 9.69 Å². The number of piperidine rings is 1. The van der Waals surface area contributed by atoms with Crippen LogP contribution in [-0.2, 0) is 4.79 Å². The first-order valence-electron chi connectivity index (χ1n) is 6.17. The zero-order valence-electron chi connectivity index (χ0n) is 10.6. The summed E-state index contributed by atoms with van der Waals surface area (Å²) in [6.45, 7) is 2.21. The van der Waals surface area contributed by atoms with Gasteiger partial charge in [-0.1, -0.05) is 6.07 Å². The summed E-state index contributed by atoms with van der Waals surface area (Å²) in [6.07, 6.45) is 2.15. The molecular formula is C13H19ClIN3O. The lowest BCUT2D eigenvalue weighted by molar-refractivity contribution is -0.117. The van der Waals surface area contributed by atoms with E-state index in [2.05, 4.69) is 32.8 Å². The molecule has 1 amide bonds. The van der Waals surface area contributed by atoms with Crippen molar-refractivity contribution in [3.8, 4) is 0 Å². The van der Waals surface area contributed by atoms with Crippen LogP contribution in [0.2, 0.25) is 0 Å².